The van der Waals surface area contributed by atoms with E-state index in [1.165, 1.54) is 10.4 Å². The first-order valence-electron chi connectivity index (χ1n) is 9.40. The highest BCUT2D eigenvalue weighted by Gasteiger charge is 2.50. The number of rotatable bonds is 9. The Bertz CT molecular complexity index is 696. The van der Waals surface area contributed by atoms with Crippen LogP contribution in [0.4, 0.5) is 0 Å². The topological polar surface area (TPSA) is 46.5 Å². The van der Waals surface area contributed by atoms with Gasteiger partial charge in [-0.1, -0.05) is 87.5 Å². The van der Waals surface area contributed by atoms with Gasteiger partial charge in [0.05, 0.1) is 6.42 Å². The van der Waals surface area contributed by atoms with Crippen LogP contribution in [0.25, 0.3) is 0 Å². The maximum atomic E-state index is 11.1. The van der Waals surface area contributed by atoms with Gasteiger partial charge in [-0.05, 0) is 27.8 Å². The van der Waals surface area contributed by atoms with Crippen LogP contribution in [-0.4, -0.2) is 26.0 Å². The largest absolute Gasteiger partial charge is 0.481 e. The normalized spacial score (nSPS) is 13.1. The summed E-state index contributed by atoms with van der Waals surface area (Å²) in [5.74, 6) is -0.883. The van der Waals surface area contributed by atoms with Gasteiger partial charge in [0.2, 0.25) is 0 Å². The zero-order chi connectivity index (χ0) is 19.9. The van der Waals surface area contributed by atoms with Crippen molar-refractivity contribution in [2.24, 2.45) is 5.92 Å². The Hall–Kier alpha value is -2.17. The number of aliphatic carboxylic acids is 1. The summed E-state index contributed by atoms with van der Waals surface area (Å²) in [6.45, 7) is 11.0. The van der Waals surface area contributed by atoms with Crippen molar-refractivity contribution in [2.45, 2.75) is 38.7 Å². The predicted molar refractivity (Wildman–Crippen MR) is 114 cm³/mol. The third kappa shape index (κ3) is 4.96. The van der Waals surface area contributed by atoms with Crippen molar-refractivity contribution in [3.8, 4) is 0 Å². The monoisotopic (exact) mass is 382 g/mol. The molecule has 2 aromatic rings. The smallest absolute Gasteiger partial charge is 0.303 e. The number of carboxylic acids is 1. The Balaban J connectivity index is 2.40. The molecule has 0 bridgehead atoms. The van der Waals surface area contributed by atoms with Gasteiger partial charge in [-0.25, -0.2) is 0 Å². The van der Waals surface area contributed by atoms with Crippen LogP contribution in [0.3, 0.4) is 0 Å². The van der Waals surface area contributed by atoms with E-state index in [1.54, 1.807) is 6.08 Å². The molecule has 1 unspecified atom stereocenters. The first kappa shape index (κ1) is 21.1. The van der Waals surface area contributed by atoms with Crippen LogP contribution in [0.15, 0.2) is 73.3 Å². The Morgan fingerprint density at radius 1 is 1.07 bits per heavy atom. The second kappa shape index (κ2) is 9.15. The van der Waals surface area contributed by atoms with Crippen molar-refractivity contribution in [1.29, 1.82) is 0 Å². The summed E-state index contributed by atoms with van der Waals surface area (Å²) in [6.07, 6.45) is 2.47. The van der Waals surface area contributed by atoms with Crippen LogP contribution in [0.2, 0.25) is 5.04 Å². The van der Waals surface area contributed by atoms with E-state index < -0.39 is 14.3 Å². The lowest BCUT2D eigenvalue weighted by atomic mass is 10.0. The number of carbonyl (C=O) groups is 1. The molecular formula is C23H30O3Si. The van der Waals surface area contributed by atoms with Gasteiger partial charge >= 0.3 is 5.97 Å². The molecule has 0 aliphatic carbocycles. The maximum absolute atomic E-state index is 11.1. The van der Waals surface area contributed by atoms with Gasteiger partial charge in [0.25, 0.3) is 8.32 Å². The molecule has 2 aromatic carbocycles. The predicted octanol–water partition coefficient (Wildman–Crippen LogP) is 4.23. The molecule has 27 heavy (non-hydrogen) atoms. The fourth-order valence-electron chi connectivity index (χ4n) is 3.65. The van der Waals surface area contributed by atoms with Gasteiger partial charge in [0, 0.05) is 6.61 Å². The van der Waals surface area contributed by atoms with Gasteiger partial charge in [0.15, 0.2) is 0 Å². The molecule has 0 aliphatic rings. The second-order valence-corrected chi connectivity index (χ2v) is 12.2. The van der Waals surface area contributed by atoms with Crippen LogP contribution in [0, 0.1) is 5.92 Å². The molecule has 0 radical (unpaired) electrons. The van der Waals surface area contributed by atoms with Crippen LogP contribution < -0.4 is 10.4 Å². The summed E-state index contributed by atoms with van der Waals surface area (Å²) in [6, 6.07) is 20.9. The van der Waals surface area contributed by atoms with Gasteiger partial charge in [-0.2, -0.15) is 0 Å². The van der Waals surface area contributed by atoms with E-state index in [0.29, 0.717) is 13.0 Å². The molecular weight excluding hydrogens is 352 g/mol. The van der Waals surface area contributed by atoms with Crippen molar-refractivity contribution in [1.82, 2.24) is 0 Å². The highest BCUT2D eigenvalue weighted by atomic mass is 28.4. The molecule has 3 nitrogen and oxygen atoms in total. The van der Waals surface area contributed by atoms with Gasteiger partial charge in [-0.3, -0.25) is 4.79 Å². The Kier molecular flexibility index (Phi) is 7.16. The molecule has 1 atom stereocenters. The zero-order valence-electron chi connectivity index (χ0n) is 16.5. The summed E-state index contributed by atoms with van der Waals surface area (Å²) in [5, 5.41) is 11.5. The van der Waals surface area contributed by atoms with Crippen LogP contribution in [0.1, 0.15) is 33.6 Å². The fraction of sp³-hybridized carbons (Fsp3) is 0.348. The highest BCUT2D eigenvalue weighted by Crippen LogP contribution is 2.37. The van der Waals surface area contributed by atoms with Gasteiger partial charge in [0.1, 0.15) is 0 Å². The Morgan fingerprint density at radius 2 is 1.56 bits per heavy atom. The number of allylic oxidation sites excluding steroid dienone is 1. The molecule has 0 aromatic heterocycles. The summed E-state index contributed by atoms with van der Waals surface area (Å²) >= 11 is 0. The van der Waals surface area contributed by atoms with Crippen LogP contribution in [0.5, 0.6) is 0 Å². The molecule has 0 amide bonds. The molecule has 0 spiro atoms. The highest BCUT2D eigenvalue weighted by molar-refractivity contribution is 6.99. The van der Waals surface area contributed by atoms with E-state index >= 15 is 0 Å². The number of benzene rings is 2. The molecule has 2 rings (SSSR count). The lowest BCUT2D eigenvalue weighted by Gasteiger charge is -2.43. The maximum Gasteiger partial charge on any atom is 0.303 e. The lowest BCUT2D eigenvalue weighted by molar-refractivity contribution is -0.137. The minimum Gasteiger partial charge on any atom is -0.481 e. The molecule has 0 saturated carbocycles. The van der Waals surface area contributed by atoms with Crippen molar-refractivity contribution < 1.29 is 14.3 Å². The van der Waals surface area contributed by atoms with E-state index in [1.807, 2.05) is 12.1 Å². The van der Waals surface area contributed by atoms with E-state index in [9.17, 15) is 4.79 Å². The van der Waals surface area contributed by atoms with Crippen LogP contribution >= 0.6 is 0 Å². The van der Waals surface area contributed by atoms with Crippen molar-refractivity contribution in [3.63, 3.8) is 0 Å². The first-order chi connectivity index (χ1) is 12.8. The first-order valence-corrected chi connectivity index (χ1v) is 11.3. The molecule has 0 aliphatic heterocycles. The minimum atomic E-state index is -2.55. The zero-order valence-corrected chi connectivity index (χ0v) is 17.5. The minimum absolute atomic E-state index is 0.0772. The van der Waals surface area contributed by atoms with E-state index in [4.69, 9.17) is 9.53 Å². The summed E-state index contributed by atoms with van der Waals surface area (Å²) in [4.78, 5) is 11.1. The van der Waals surface area contributed by atoms with E-state index in [-0.39, 0.29) is 17.4 Å². The molecule has 1 N–H and O–H groups in total. The second-order valence-electron chi connectivity index (χ2n) is 7.89. The summed E-state index contributed by atoms with van der Waals surface area (Å²) < 4.78 is 6.78. The standard InChI is InChI=1S/C23H30O3Si/c1-5-19(18-22(24)25)16-17-26-27(23(2,3)4,20-12-8-6-9-13-20)21-14-10-7-11-15-21/h5-15,19H,1,16-18H2,2-4H3,(H,24,25). The summed E-state index contributed by atoms with van der Waals surface area (Å²) in [7, 11) is -2.55. The average molecular weight is 383 g/mol. The third-order valence-corrected chi connectivity index (χ3v) is 10.0. The fourth-order valence-corrected chi connectivity index (χ4v) is 8.23. The Labute approximate surface area is 163 Å². The van der Waals surface area contributed by atoms with Crippen molar-refractivity contribution >= 4 is 24.7 Å². The third-order valence-electron chi connectivity index (χ3n) is 4.99. The molecule has 4 heteroatoms. The van der Waals surface area contributed by atoms with Gasteiger partial charge < -0.3 is 9.53 Å². The van der Waals surface area contributed by atoms with Crippen LogP contribution in [-0.2, 0) is 9.22 Å². The quantitative estimate of drug-likeness (QED) is 0.521. The summed E-state index contributed by atoms with van der Waals surface area (Å²) in [5.41, 5.74) is 0. The molecule has 0 heterocycles. The van der Waals surface area contributed by atoms with Crippen molar-refractivity contribution in [2.75, 3.05) is 6.61 Å². The van der Waals surface area contributed by atoms with E-state index in [2.05, 4.69) is 75.9 Å². The number of hydrogen-bond acceptors (Lipinski definition) is 2. The van der Waals surface area contributed by atoms with E-state index in [0.717, 1.165) is 0 Å². The molecule has 0 fully saturated rings. The molecule has 0 saturated heterocycles. The molecule has 144 valence electrons. The number of carboxylic acid groups (broad SMARTS) is 1. The average Bonchev–Trinajstić information content (AvgIpc) is 2.64. The number of hydrogen-bond donors (Lipinski definition) is 1. The van der Waals surface area contributed by atoms with Gasteiger partial charge in [-0.15, -0.1) is 6.58 Å². The van der Waals surface area contributed by atoms with Crippen molar-refractivity contribution in [3.05, 3.63) is 73.3 Å². The lowest BCUT2D eigenvalue weighted by Crippen LogP contribution is -2.66. The SMILES string of the molecule is C=CC(CCO[Si](c1ccccc1)(c1ccccc1)C(C)(C)C)CC(=O)O. The Morgan fingerprint density at radius 3 is 1.93 bits per heavy atom.